The van der Waals surface area contributed by atoms with E-state index in [1.807, 2.05) is 28.8 Å². The second-order valence-corrected chi connectivity index (χ2v) is 12.8. The number of imidazole rings is 1. The zero-order valence-electron chi connectivity index (χ0n) is 22.9. The van der Waals surface area contributed by atoms with Crippen molar-refractivity contribution in [3.8, 4) is 11.3 Å². The molecule has 2 fully saturated rings. The Labute approximate surface area is 237 Å². The van der Waals surface area contributed by atoms with E-state index in [1.54, 1.807) is 17.4 Å². The molecular weight excluding hydrogens is 526 g/mol. The van der Waals surface area contributed by atoms with Crippen molar-refractivity contribution >= 4 is 32.3 Å². The molecule has 2 aromatic heterocycles. The second kappa shape index (κ2) is 11.0. The van der Waals surface area contributed by atoms with Gasteiger partial charge in [-0.1, -0.05) is 11.3 Å². The zero-order valence-corrected chi connectivity index (χ0v) is 23.7. The minimum Gasteiger partial charge on any atom is -0.310 e. The summed E-state index contributed by atoms with van der Waals surface area (Å²) < 4.78 is 32.0. The summed E-state index contributed by atoms with van der Waals surface area (Å²) in [6, 6.07) is 7.91. The lowest BCUT2D eigenvalue weighted by Gasteiger charge is -2.28. The number of benzene rings is 2. The SMILES string of the molecule is O=C(CCCCN1CCC(F)CC1)c1ccc2c(c1)sc1nc(-c3c(F)cc([C@H]4CCCN4)c4c3CCC4)cn12. The van der Waals surface area contributed by atoms with Crippen LogP contribution in [0.3, 0.4) is 0 Å². The van der Waals surface area contributed by atoms with E-state index in [0.717, 1.165) is 103 Å². The van der Waals surface area contributed by atoms with E-state index in [-0.39, 0.29) is 17.6 Å². The van der Waals surface area contributed by atoms with Crippen LogP contribution in [-0.4, -0.2) is 52.4 Å². The number of piperidine rings is 1. The van der Waals surface area contributed by atoms with E-state index in [1.165, 1.54) is 5.56 Å². The average Bonchev–Trinajstić information content (AvgIpc) is 3.76. The normalized spacial score (nSPS) is 20.2. The number of alkyl halides is 1. The van der Waals surface area contributed by atoms with Gasteiger partial charge in [-0.3, -0.25) is 9.20 Å². The van der Waals surface area contributed by atoms with E-state index in [0.29, 0.717) is 30.5 Å². The van der Waals surface area contributed by atoms with Gasteiger partial charge in [-0.05, 0) is 112 Å². The van der Waals surface area contributed by atoms with Gasteiger partial charge in [0.05, 0.1) is 15.9 Å². The number of fused-ring (bicyclic) bond motifs is 4. The number of carbonyl (C=O) groups excluding carboxylic acids is 1. The summed E-state index contributed by atoms with van der Waals surface area (Å²) in [5, 5.41) is 3.55. The minimum absolute atomic E-state index is 0.158. The van der Waals surface area contributed by atoms with Gasteiger partial charge in [-0.25, -0.2) is 13.8 Å². The molecule has 2 aromatic carbocycles. The van der Waals surface area contributed by atoms with Crippen LogP contribution in [0.1, 0.15) is 84.5 Å². The first-order chi connectivity index (χ1) is 19.5. The van der Waals surface area contributed by atoms with Crippen LogP contribution in [-0.2, 0) is 12.8 Å². The molecular formula is C32H36F2N4OS. The van der Waals surface area contributed by atoms with E-state index >= 15 is 4.39 Å². The first-order valence-electron chi connectivity index (χ1n) is 14.9. The number of hydrogen-bond acceptors (Lipinski definition) is 5. The Morgan fingerprint density at radius 1 is 1.07 bits per heavy atom. The van der Waals surface area contributed by atoms with Crippen molar-refractivity contribution in [1.82, 2.24) is 19.6 Å². The average molecular weight is 563 g/mol. The molecule has 5 nitrogen and oxygen atoms in total. The van der Waals surface area contributed by atoms with Crippen molar-refractivity contribution < 1.29 is 13.6 Å². The van der Waals surface area contributed by atoms with Crippen LogP contribution in [0, 0.1) is 5.82 Å². The Balaban J connectivity index is 1.08. The van der Waals surface area contributed by atoms with Crippen molar-refractivity contribution in [2.24, 2.45) is 0 Å². The topological polar surface area (TPSA) is 49.6 Å². The number of ketones is 1. The number of carbonyl (C=O) groups is 1. The van der Waals surface area contributed by atoms with Crippen molar-refractivity contribution in [2.45, 2.75) is 76.4 Å². The molecule has 2 saturated heterocycles. The quantitative estimate of drug-likeness (QED) is 0.185. The third-order valence-corrected chi connectivity index (χ3v) is 10.2. The van der Waals surface area contributed by atoms with Crippen LogP contribution in [0.25, 0.3) is 26.4 Å². The highest BCUT2D eigenvalue weighted by atomic mass is 32.1. The van der Waals surface area contributed by atoms with Gasteiger partial charge in [0.25, 0.3) is 0 Å². The summed E-state index contributed by atoms with van der Waals surface area (Å²) in [5.41, 5.74) is 6.70. The lowest BCUT2D eigenvalue weighted by atomic mass is 9.91. The number of nitrogens with one attached hydrogen (secondary N) is 1. The fraction of sp³-hybridized carbons (Fsp3) is 0.500. The molecule has 0 saturated carbocycles. The van der Waals surface area contributed by atoms with Crippen molar-refractivity contribution in [3.63, 3.8) is 0 Å². The fourth-order valence-corrected chi connectivity index (χ4v) is 8.05. The van der Waals surface area contributed by atoms with Gasteiger partial charge >= 0.3 is 0 Å². The predicted molar refractivity (Wildman–Crippen MR) is 157 cm³/mol. The van der Waals surface area contributed by atoms with E-state index in [9.17, 15) is 9.18 Å². The van der Waals surface area contributed by atoms with Crippen LogP contribution in [0.4, 0.5) is 8.78 Å². The summed E-state index contributed by atoms with van der Waals surface area (Å²) in [4.78, 5) is 20.9. The Hall–Kier alpha value is -2.68. The molecule has 210 valence electrons. The number of nitrogens with zero attached hydrogens (tertiary/aromatic N) is 3. The molecule has 0 radical (unpaired) electrons. The molecule has 8 heteroatoms. The summed E-state index contributed by atoms with van der Waals surface area (Å²) in [5.74, 6) is -0.00948. The first-order valence-corrected chi connectivity index (χ1v) is 15.8. The Morgan fingerprint density at radius 2 is 1.93 bits per heavy atom. The maximum absolute atomic E-state index is 15.7. The predicted octanol–water partition coefficient (Wildman–Crippen LogP) is 7.06. The summed E-state index contributed by atoms with van der Waals surface area (Å²) in [7, 11) is 0. The Morgan fingerprint density at radius 3 is 2.75 bits per heavy atom. The van der Waals surface area contributed by atoms with Gasteiger partial charge < -0.3 is 10.2 Å². The molecule has 40 heavy (non-hydrogen) atoms. The molecule has 0 amide bonds. The molecule has 0 unspecified atom stereocenters. The molecule has 3 aliphatic rings. The largest absolute Gasteiger partial charge is 0.310 e. The maximum Gasteiger partial charge on any atom is 0.195 e. The molecule has 4 aromatic rings. The highest BCUT2D eigenvalue weighted by molar-refractivity contribution is 7.23. The number of unbranched alkanes of at least 4 members (excludes halogenated alkanes) is 1. The van der Waals surface area contributed by atoms with E-state index < -0.39 is 6.17 Å². The van der Waals surface area contributed by atoms with Gasteiger partial charge in [0.15, 0.2) is 10.7 Å². The van der Waals surface area contributed by atoms with Crippen LogP contribution < -0.4 is 5.32 Å². The molecule has 0 bridgehead atoms. The molecule has 1 atom stereocenters. The highest BCUT2D eigenvalue weighted by Crippen LogP contribution is 2.41. The summed E-state index contributed by atoms with van der Waals surface area (Å²) >= 11 is 1.55. The molecule has 1 aliphatic carbocycles. The van der Waals surface area contributed by atoms with Crippen molar-refractivity contribution in [2.75, 3.05) is 26.2 Å². The van der Waals surface area contributed by atoms with Crippen LogP contribution >= 0.6 is 11.3 Å². The third kappa shape index (κ3) is 4.88. The molecule has 1 N–H and O–H groups in total. The fourth-order valence-electron chi connectivity index (χ4n) is 7.00. The molecule has 7 rings (SSSR count). The number of rotatable bonds is 8. The van der Waals surface area contributed by atoms with Crippen LogP contribution in [0.5, 0.6) is 0 Å². The van der Waals surface area contributed by atoms with Crippen molar-refractivity contribution in [3.05, 3.63) is 58.5 Å². The van der Waals surface area contributed by atoms with Gasteiger partial charge in [0, 0.05) is 42.9 Å². The van der Waals surface area contributed by atoms with Crippen molar-refractivity contribution in [1.29, 1.82) is 0 Å². The molecule has 2 aliphatic heterocycles. The lowest BCUT2D eigenvalue weighted by molar-refractivity contribution is 0.0976. The number of Topliss-reactive ketones (excluding diaryl/α,β-unsaturated/α-hetero) is 1. The second-order valence-electron chi connectivity index (χ2n) is 11.7. The zero-order chi connectivity index (χ0) is 27.2. The van der Waals surface area contributed by atoms with E-state index in [4.69, 9.17) is 4.98 Å². The van der Waals surface area contributed by atoms with Gasteiger partial charge in [0.1, 0.15) is 12.0 Å². The summed E-state index contributed by atoms with van der Waals surface area (Å²) in [6.45, 7) is 3.59. The van der Waals surface area contributed by atoms with Gasteiger partial charge in [0.2, 0.25) is 0 Å². The molecule has 0 spiro atoms. The highest BCUT2D eigenvalue weighted by Gasteiger charge is 2.29. The van der Waals surface area contributed by atoms with E-state index in [2.05, 4.69) is 10.2 Å². The number of likely N-dealkylation sites (tertiary alicyclic amines) is 1. The van der Waals surface area contributed by atoms with Gasteiger partial charge in [-0.15, -0.1) is 0 Å². The maximum atomic E-state index is 15.7. The Kier molecular flexibility index (Phi) is 7.18. The number of hydrogen-bond donors (Lipinski definition) is 1. The number of aromatic nitrogens is 2. The van der Waals surface area contributed by atoms with Crippen LogP contribution in [0.2, 0.25) is 0 Å². The minimum atomic E-state index is -0.646. The monoisotopic (exact) mass is 562 g/mol. The number of thiazole rings is 1. The standard InChI is InChI=1S/C32H36F2N4OS/c33-21-11-15-37(16-12-21)14-2-1-8-29(39)20-9-10-28-30(17-20)40-32-36-27(19-38(28)32)31-23-6-3-5-22(23)24(18-25(31)34)26-7-4-13-35-26/h9-10,17-19,21,26,35H,1-8,11-16H2/t26-/m1/s1. The smallest absolute Gasteiger partial charge is 0.195 e. The lowest BCUT2D eigenvalue weighted by Crippen LogP contribution is -2.35. The van der Waals surface area contributed by atoms with Gasteiger partial charge in [-0.2, -0.15) is 0 Å². The number of halogens is 2. The third-order valence-electron chi connectivity index (χ3n) is 9.14. The molecule has 4 heterocycles. The first kappa shape index (κ1) is 26.2. The summed E-state index contributed by atoms with van der Waals surface area (Å²) in [6.07, 6.45) is 10.1. The van der Waals surface area contributed by atoms with Crippen LogP contribution in [0.15, 0.2) is 30.5 Å². The Bertz CT molecular complexity index is 1560.